The summed E-state index contributed by atoms with van der Waals surface area (Å²) in [6, 6.07) is 13.8. The van der Waals surface area contributed by atoms with Crippen LogP contribution in [0.15, 0.2) is 42.0 Å². The fourth-order valence-electron chi connectivity index (χ4n) is 3.29. The van der Waals surface area contributed by atoms with Crippen LogP contribution in [0.2, 0.25) is 0 Å². The van der Waals surface area contributed by atoms with Gasteiger partial charge >= 0.3 is 0 Å². The van der Waals surface area contributed by atoms with E-state index in [2.05, 4.69) is 63.2 Å². The number of rotatable bonds is 4. The molecule has 0 atom stereocenters. The molecule has 0 aliphatic heterocycles. The molecule has 2 aromatic carbocycles. The molecule has 1 aliphatic carbocycles. The van der Waals surface area contributed by atoms with Crippen LogP contribution >= 0.6 is 0 Å². The lowest BCUT2D eigenvalue weighted by atomic mass is 9.94. The summed E-state index contributed by atoms with van der Waals surface area (Å²) >= 11 is 0. The van der Waals surface area contributed by atoms with Crippen molar-refractivity contribution in [2.45, 2.75) is 46.5 Å². The van der Waals surface area contributed by atoms with Crippen molar-refractivity contribution in [2.75, 3.05) is 0 Å². The highest BCUT2D eigenvalue weighted by molar-refractivity contribution is 5.81. The van der Waals surface area contributed by atoms with Crippen LogP contribution in [-0.2, 0) is 12.8 Å². The third-order valence-corrected chi connectivity index (χ3v) is 4.43. The van der Waals surface area contributed by atoms with Gasteiger partial charge in [-0.1, -0.05) is 73.9 Å². The lowest BCUT2D eigenvalue weighted by Gasteiger charge is -2.11. The minimum absolute atomic E-state index is 1.13. The van der Waals surface area contributed by atoms with Gasteiger partial charge in [0.15, 0.2) is 0 Å². The van der Waals surface area contributed by atoms with E-state index in [0.29, 0.717) is 0 Å². The summed E-state index contributed by atoms with van der Waals surface area (Å²) in [4.78, 5) is 0. The fraction of sp³-hybridized carbons (Fsp3) is 0.333. The van der Waals surface area contributed by atoms with Crippen molar-refractivity contribution in [3.05, 3.63) is 64.2 Å². The van der Waals surface area contributed by atoms with Gasteiger partial charge in [0.2, 0.25) is 0 Å². The standard InChI is InChI=1S/C21H24/c1-4-6-17-7-9-18(10-8-17)20-12-15(3)11-19-13-16(5-2)14-21(19)20/h7-12,14H,4-6,13H2,1-3H3. The van der Waals surface area contributed by atoms with Gasteiger partial charge in [0.1, 0.15) is 0 Å². The second kappa shape index (κ2) is 5.89. The first kappa shape index (κ1) is 14.1. The van der Waals surface area contributed by atoms with Crippen LogP contribution in [0, 0.1) is 6.92 Å². The van der Waals surface area contributed by atoms with Gasteiger partial charge < -0.3 is 0 Å². The van der Waals surface area contributed by atoms with E-state index in [1.165, 1.54) is 46.2 Å². The maximum atomic E-state index is 2.41. The van der Waals surface area contributed by atoms with Crippen LogP contribution in [0.4, 0.5) is 0 Å². The predicted octanol–water partition coefficient (Wildman–Crippen LogP) is 5.96. The average Bonchev–Trinajstić information content (AvgIpc) is 2.90. The molecule has 2 aromatic rings. The molecule has 0 N–H and O–H groups in total. The zero-order valence-corrected chi connectivity index (χ0v) is 13.4. The van der Waals surface area contributed by atoms with Crippen LogP contribution < -0.4 is 0 Å². The Morgan fingerprint density at radius 3 is 2.43 bits per heavy atom. The van der Waals surface area contributed by atoms with Crippen molar-refractivity contribution in [3.8, 4) is 11.1 Å². The number of benzene rings is 2. The molecule has 3 rings (SSSR count). The minimum Gasteiger partial charge on any atom is -0.0655 e. The number of aryl methyl sites for hydroxylation is 2. The quantitative estimate of drug-likeness (QED) is 0.646. The Morgan fingerprint density at radius 2 is 1.76 bits per heavy atom. The van der Waals surface area contributed by atoms with Crippen LogP contribution in [0.5, 0.6) is 0 Å². The summed E-state index contributed by atoms with van der Waals surface area (Å²) < 4.78 is 0. The first-order chi connectivity index (χ1) is 10.2. The zero-order valence-electron chi connectivity index (χ0n) is 13.4. The highest BCUT2D eigenvalue weighted by Crippen LogP contribution is 2.36. The third-order valence-electron chi connectivity index (χ3n) is 4.43. The van der Waals surface area contributed by atoms with E-state index < -0.39 is 0 Å². The second-order valence-electron chi connectivity index (χ2n) is 6.17. The molecule has 0 amide bonds. The first-order valence-corrected chi connectivity index (χ1v) is 8.13. The lowest BCUT2D eigenvalue weighted by molar-refractivity contribution is 0.922. The molecule has 0 nitrogen and oxygen atoms in total. The van der Waals surface area contributed by atoms with Gasteiger partial charge in [0.05, 0.1) is 0 Å². The molecule has 0 aromatic heterocycles. The van der Waals surface area contributed by atoms with Crippen molar-refractivity contribution < 1.29 is 0 Å². The molecule has 0 heteroatoms. The maximum Gasteiger partial charge on any atom is -0.00576 e. The van der Waals surface area contributed by atoms with Gasteiger partial charge in [-0.3, -0.25) is 0 Å². The second-order valence-corrected chi connectivity index (χ2v) is 6.17. The number of hydrogen-bond acceptors (Lipinski definition) is 0. The molecule has 0 bridgehead atoms. The van der Waals surface area contributed by atoms with Crippen LogP contribution in [-0.4, -0.2) is 0 Å². The van der Waals surface area contributed by atoms with Gasteiger partial charge in [0, 0.05) is 0 Å². The van der Waals surface area contributed by atoms with E-state index >= 15 is 0 Å². The Hall–Kier alpha value is -1.82. The van der Waals surface area contributed by atoms with E-state index in [0.717, 1.165) is 12.8 Å². The fourth-order valence-corrected chi connectivity index (χ4v) is 3.29. The number of fused-ring (bicyclic) bond motifs is 1. The largest absolute Gasteiger partial charge is 0.0655 e. The topological polar surface area (TPSA) is 0 Å². The summed E-state index contributed by atoms with van der Waals surface area (Å²) in [7, 11) is 0. The number of allylic oxidation sites excluding steroid dienone is 1. The minimum atomic E-state index is 1.13. The van der Waals surface area contributed by atoms with E-state index in [4.69, 9.17) is 0 Å². The Balaban J connectivity index is 2.04. The van der Waals surface area contributed by atoms with E-state index in [1.54, 1.807) is 5.57 Å². The molecule has 1 aliphatic rings. The summed E-state index contributed by atoms with van der Waals surface area (Å²) in [5, 5.41) is 0. The predicted molar refractivity (Wildman–Crippen MR) is 92.6 cm³/mol. The van der Waals surface area contributed by atoms with Crippen LogP contribution in [0.3, 0.4) is 0 Å². The summed E-state index contributed by atoms with van der Waals surface area (Å²) in [6.45, 7) is 6.70. The molecule has 0 unspecified atom stereocenters. The molecule has 0 heterocycles. The Kier molecular flexibility index (Phi) is 3.96. The Bertz CT molecular complexity index is 672. The normalized spacial score (nSPS) is 13.2. The van der Waals surface area contributed by atoms with Gasteiger partial charge in [-0.15, -0.1) is 0 Å². The number of hydrogen-bond donors (Lipinski definition) is 0. The Morgan fingerprint density at radius 1 is 1.00 bits per heavy atom. The summed E-state index contributed by atoms with van der Waals surface area (Å²) in [6.07, 6.45) is 7.08. The molecule has 21 heavy (non-hydrogen) atoms. The third kappa shape index (κ3) is 2.81. The molecule has 0 radical (unpaired) electrons. The Labute approximate surface area is 128 Å². The summed E-state index contributed by atoms with van der Waals surface area (Å²) in [5.74, 6) is 0. The smallest absolute Gasteiger partial charge is 0.00576 e. The SMILES string of the molecule is CCCc1ccc(-c2cc(C)cc3c2C=C(CC)C3)cc1. The molecule has 0 saturated heterocycles. The molecule has 108 valence electrons. The van der Waals surface area contributed by atoms with Crippen LogP contribution in [0.25, 0.3) is 17.2 Å². The molecular formula is C21H24. The average molecular weight is 276 g/mol. The van der Waals surface area contributed by atoms with E-state index in [-0.39, 0.29) is 0 Å². The maximum absolute atomic E-state index is 2.41. The van der Waals surface area contributed by atoms with E-state index in [9.17, 15) is 0 Å². The summed E-state index contributed by atoms with van der Waals surface area (Å²) in [5.41, 5.74) is 10.1. The highest BCUT2D eigenvalue weighted by atomic mass is 14.2. The van der Waals surface area contributed by atoms with Crippen molar-refractivity contribution in [1.29, 1.82) is 0 Å². The first-order valence-electron chi connectivity index (χ1n) is 8.13. The van der Waals surface area contributed by atoms with Gasteiger partial charge in [-0.2, -0.15) is 0 Å². The van der Waals surface area contributed by atoms with Gasteiger partial charge in [-0.05, 0) is 54.0 Å². The van der Waals surface area contributed by atoms with Crippen molar-refractivity contribution in [2.24, 2.45) is 0 Å². The van der Waals surface area contributed by atoms with Crippen molar-refractivity contribution >= 4 is 6.08 Å². The molecule has 0 saturated carbocycles. The van der Waals surface area contributed by atoms with Gasteiger partial charge in [0.25, 0.3) is 0 Å². The molecule has 0 spiro atoms. The highest BCUT2D eigenvalue weighted by Gasteiger charge is 2.16. The van der Waals surface area contributed by atoms with Crippen LogP contribution in [0.1, 0.15) is 48.9 Å². The monoisotopic (exact) mass is 276 g/mol. The van der Waals surface area contributed by atoms with Crippen molar-refractivity contribution in [3.63, 3.8) is 0 Å². The molecule has 0 fully saturated rings. The van der Waals surface area contributed by atoms with E-state index in [1.807, 2.05) is 0 Å². The lowest BCUT2D eigenvalue weighted by Crippen LogP contribution is -1.91. The van der Waals surface area contributed by atoms with Crippen molar-refractivity contribution in [1.82, 2.24) is 0 Å². The molecular weight excluding hydrogens is 252 g/mol. The zero-order chi connectivity index (χ0) is 14.8. The van der Waals surface area contributed by atoms with Gasteiger partial charge in [-0.25, -0.2) is 0 Å².